The van der Waals surface area contributed by atoms with Crippen LogP contribution in [-0.4, -0.2) is 42.4 Å². The first-order valence-corrected chi connectivity index (χ1v) is 10.1. The number of unbranched alkanes of at least 4 members (excludes halogenated alkanes) is 1. The minimum atomic E-state index is -3.08. The van der Waals surface area contributed by atoms with Gasteiger partial charge in [0, 0.05) is 20.0 Å². The first kappa shape index (κ1) is 19.2. The lowest BCUT2D eigenvalue weighted by atomic mass is 10.0. The first-order chi connectivity index (χ1) is 11.7. The van der Waals surface area contributed by atoms with Crippen LogP contribution in [0.1, 0.15) is 32.6 Å². The van der Waals surface area contributed by atoms with Gasteiger partial charge in [-0.2, -0.15) is 0 Å². The van der Waals surface area contributed by atoms with Crippen LogP contribution in [0.15, 0.2) is 9.59 Å². The van der Waals surface area contributed by atoms with Crippen molar-refractivity contribution in [3.63, 3.8) is 0 Å². The molecule has 0 radical (unpaired) electrons. The number of rotatable bonds is 6. The van der Waals surface area contributed by atoms with Crippen molar-refractivity contribution >= 4 is 27.2 Å². The Bertz CT molecular complexity index is 871. The van der Waals surface area contributed by atoms with Crippen LogP contribution in [-0.2, 0) is 21.2 Å². The summed E-state index contributed by atoms with van der Waals surface area (Å²) >= 11 is 0. The van der Waals surface area contributed by atoms with E-state index < -0.39 is 27.0 Å². The molecule has 2 heterocycles. The molecule has 10 heteroatoms. The van der Waals surface area contributed by atoms with E-state index in [0.29, 0.717) is 19.4 Å². The summed E-state index contributed by atoms with van der Waals surface area (Å²) in [6, 6.07) is 0. The molecule has 1 aromatic heterocycles. The Morgan fingerprint density at radius 3 is 2.64 bits per heavy atom. The number of carbonyl (C=O) groups excluding carboxylic acids is 1. The molecule has 140 valence electrons. The summed E-state index contributed by atoms with van der Waals surface area (Å²) < 4.78 is 24.3. The van der Waals surface area contributed by atoms with Crippen LogP contribution in [0.5, 0.6) is 0 Å². The number of anilines is 2. The Balaban J connectivity index is 2.26. The number of hydrogen-bond donors (Lipinski definition) is 2. The summed E-state index contributed by atoms with van der Waals surface area (Å²) in [6.45, 7) is 2.30. The van der Waals surface area contributed by atoms with Gasteiger partial charge in [0.2, 0.25) is 5.91 Å². The van der Waals surface area contributed by atoms with Crippen LogP contribution in [0.4, 0.5) is 11.5 Å². The summed E-state index contributed by atoms with van der Waals surface area (Å²) in [6.07, 6.45) is 1.99. The predicted octanol–water partition coefficient (Wildman–Crippen LogP) is -0.293. The molecule has 25 heavy (non-hydrogen) atoms. The number of amides is 1. The highest BCUT2D eigenvalue weighted by Gasteiger charge is 2.31. The van der Waals surface area contributed by atoms with Gasteiger partial charge in [-0.05, 0) is 18.8 Å². The average molecular weight is 372 g/mol. The van der Waals surface area contributed by atoms with Gasteiger partial charge in [-0.3, -0.25) is 19.1 Å². The number of H-pyrrole nitrogens is 1. The lowest BCUT2D eigenvalue weighted by Gasteiger charge is -2.21. The van der Waals surface area contributed by atoms with Gasteiger partial charge in [-0.15, -0.1) is 0 Å². The third-order valence-electron chi connectivity index (χ3n) is 4.45. The quantitative estimate of drug-likeness (QED) is 0.704. The SMILES string of the molecule is CCCCn1c(N)c(N(C)C(=O)C[C@H]2CCS(=O)(=O)C2)c(=O)[nH]c1=O. The fraction of sp³-hybridized carbons (Fsp3) is 0.667. The molecular weight excluding hydrogens is 348 g/mol. The van der Waals surface area contributed by atoms with Crippen LogP contribution < -0.4 is 21.9 Å². The van der Waals surface area contributed by atoms with Crippen molar-refractivity contribution in [3.05, 3.63) is 20.8 Å². The van der Waals surface area contributed by atoms with E-state index in [1.54, 1.807) is 0 Å². The van der Waals surface area contributed by atoms with Gasteiger partial charge in [0.1, 0.15) is 5.82 Å². The topological polar surface area (TPSA) is 135 Å². The minimum Gasteiger partial charge on any atom is -0.383 e. The molecule has 1 aliphatic heterocycles. The molecule has 0 unspecified atom stereocenters. The van der Waals surface area contributed by atoms with Crippen LogP contribution in [0.2, 0.25) is 0 Å². The highest BCUT2D eigenvalue weighted by molar-refractivity contribution is 7.91. The van der Waals surface area contributed by atoms with E-state index in [4.69, 9.17) is 5.73 Å². The number of aromatic amines is 1. The van der Waals surface area contributed by atoms with Gasteiger partial charge in [0.25, 0.3) is 5.56 Å². The zero-order valence-electron chi connectivity index (χ0n) is 14.4. The Kier molecular flexibility index (Phi) is 5.71. The molecule has 0 bridgehead atoms. The number of aromatic nitrogens is 2. The Hall–Kier alpha value is -2.10. The van der Waals surface area contributed by atoms with Crippen LogP contribution in [0.25, 0.3) is 0 Å². The molecule has 2 rings (SSSR count). The molecule has 1 aliphatic rings. The molecule has 0 aromatic carbocycles. The zero-order chi connectivity index (χ0) is 18.8. The lowest BCUT2D eigenvalue weighted by Crippen LogP contribution is -2.39. The molecule has 0 aliphatic carbocycles. The maximum atomic E-state index is 12.5. The third-order valence-corrected chi connectivity index (χ3v) is 6.29. The second-order valence-corrected chi connectivity index (χ2v) is 8.65. The van der Waals surface area contributed by atoms with Gasteiger partial charge in [-0.25, -0.2) is 13.2 Å². The van der Waals surface area contributed by atoms with E-state index in [0.717, 1.165) is 11.3 Å². The van der Waals surface area contributed by atoms with E-state index in [2.05, 4.69) is 4.98 Å². The molecule has 0 spiro atoms. The van der Waals surface area contributed by atoms with Crippen LogP contribution in [0.3, 0.4) is 0 Å². The van der Waals surface area contributed by atoms with Gasteiger partial charge in [-0.1, -0.05) is 13.3 Å². The van der Waals surface area contributed by atoms with E-state index in [9.17, 15) is 22.8 Å². The minimum absolute atomic E-state index is 0.0166. The maximum absolute atomic E-state index is 12.5. The molecule has 1 fully saturated rings. The number of nitrogens with two attached hydrogens (primary N) is 1. The average Bonchev–Trinajstić information content (AvgIpc) is 2.85. The number of sulfone groups is 1. The van der Waals surface area contributed by atoms with Gasteiger partial charge >= 0.3 is 5.69 Å². The van der Waals surface area contributed by atoms with Crippen LogP contribution in [0, 0.1) is 5.92 Å². The van der Waals surface area contributed by atoms with E-state index in [-0.39, 0.29) is 35.3 Å². The number of nitrogens with zero attached hydrogens (tertiary/aromatic N) is 2. The van der Waals surface area contributed by atoms with Crippen LogP contribution >= 0.6 is 0 Å². The second-order valence-electron chi connectivity index (χ2n) is 6.42. The fourth-order valence-electron chi connectivity index (χ4n) is 2.98. The number of nitrogen functional groups attached to an aromatic ring is 1. The van der Waals surface area contributed by atoms with Crippen molar-refractivity contribution in [3.8, 4) is 0 Å². The maximum Gasteiger partial charge on any atom is 0.330 e. The summed E-state index contributed by atoms with van der Waals surface area (Å²) in [4.78, 5) is 39.8. The van der Waals surface area contributed by atoms with Crippen molar-refractivity contribution in [1.82, 2.24) is 9.55 Å². The molecule has 1 atom stereocenters. The number of hydrogen-bond acceptors (Lipinski definition) is 6. The lowest BCUT2D eigenvalue weighted by molar-refractivity contribution is -0.119. The molecule has 1 saturated heterocycles. The largest absolute Gasteiger partial charge is 0.383 e. The van der Waals surface area contributed by atoms with Crippen molar-refractivity contribution < 1.29 is 13.2 Å². The van der Waals surface area contributed by atoms with E-state index >= 15 is 0 Å². The molecule has 9 nitrogen and oxygen atoms in total. The highest BCUT2D eigenvalue weighted by Crippen LogP contribution is 2.24. The molecule has 0 saturated carbocycles. The van der Waals surface area contributed by atoms with Gasteiger partial charge in [0.05, 0.1) is 11.5 Å². The van der Waals surface area contributed by atoms with Crippen molar-refractivity contribution in [2.45, 2.75) is 39.2 Å². The zero-order valence-corrected chi connectivity index (χ0v) is 15.3. The summed E-state index contributed by atoms with van der Waals surface area (Å²) in [5.74, 6) is -0.656. The summed E-state index contributed by atoms with van der Waals surface area (Å²) in [5.41, 5.74) is 4.55. The summed E-state index contributed by atoms with van der Waals surface area (Å²) in [5, 5.41) is 0. The molecule has 1 aromatic rings. The highest BCUT2D eigenvalue weighted by atomic mass is 32.2. The third kappa shape index (κ3) is 4.30. The van der Waals surface area contributed by atoms with Crippen molar-refractivity contribution in [2.75, 3.05) is 29.2 Å². The standard InChI is InChI=1S/C15H24N4O5S/c1-3-4-6-19-13(16)12(14(21)17-15(19)22)18(2)11(20)8-10-5-7-25(23,24)9-10/h10H,3-9,16H2,1-2H3,(H,17,21,22)/t10-/m1/s1. The second kappa shape index (κ2) is 7.42. The van der Waals surface area contributed by atoms with Gasteiger partial charge in [0.15, 0.2) is 15.5 Å². The normalized spacial score (nSPS) is 19.0. The first-order valence-electron chi connectivity index (χ1n) is 8.26. The molecular formula is C15H24N4O5S. The van der Waals surface area contributed by atoms with Crippen molar-refractivity contribution in [2.24, 2.45) is 5.92 Å². The van der Waals surface area contributed by atoms with Gasteiger partial charge < -0.3 is 10.6 Å². The molecule has 1 amide bonds. The Morgan fingerprint density at radius 1 is 1.40 bits per heavy atom. The molecule has 3 N–H and O–H groups in total. The number of carbonyl (C=O) groups is 1. The van der Waals surface area contributed by atoms with Crippen molar-refractivity contribution in [1.29, 1.82) is 0 Å². The predicted molar refractivity (Wildman–Crippen MR) is 95.4 cm³/mol. The Labute approximate surface area is 145 Å². The fourth-order valence-corrected chi connectivity index (χ4v) is 4.84. The van der Waals surface area contributed by atoms with E-state index in [1.165, 1.54) is 11.6 Å². The smallest absolute Gasteiger partial charge is 0.330 e. The van der Waals surface area contributed by atoms with E-state index in [1.807, 2.05) is 6.92 Å². The Morgan fingerprint density at radius 2 is 2.08 bits per heavy atom. The number of nitrogens with one attached hydrogen (secondary N) is 1. The summed E-state index contributed by atoms with van der Waals surface area (Å²) in [7, 11) is -1.68. The monoisotopic (exact) mass is 372 g/mol.